The predicted molar refractivity (Wildman–Crippen MR) is 108 cm³/mol. The van der Waals surface area contributed by atoms with E-state index in [0.717, 1.165) is 16.4 Å². The van der Waals surface area contributed by atoms with Gasteiger partial charge < -0.3 is 15.5 Å². The zero-order valence-electron chi connectivity index (χ0n) is 16.9. The van der Waals surface area contributed by atoms with E-state index in [1.807, 2.05) is 0 Å². The molecule has 8 nitrogen and oxygen atoms in total. The first-order valence-corrected chi connectivity index (χ1v) is 11.1. The monoisotopic (exact) mass is 470 g/mol. The Morgan fingerprint density at radius 2 is 1.50 bits per heavy atom. The molecule has 3 amide bonds. The van der Waals surface area contributed by atoms with E-state index in [-0.39, 0.29) is 45.1 Å². The zero-order valence-corrected chi connectivity index (χ0v) is 17.7. The van der Waals surface area contributed by atoms with Gasteiger partial charge in [0.2, 0.25) is 15.9 Å². The van der Waals surface area contributed by atoms with Crippen molar-refractivity contribution >= 4 is 22.0 Å². The summed E-state index contributed by atoms with van der Waals surface area (Å²) < 4.78 is 66.0. The summed E-state index contributed by atoms with van der Waals surface area (Å²) in [5.41, 5.74) is 0.683. The van der Waals surface area contributed by atoms with E-state index in [4.69, 9.17) is 0 Å². The molecule has 2 aromatic carbocycles. The third-order valence-electron chi connectivity index (χ3n) is 4.87. The van der Waals surface area contributed by atoms with E-state index in [2.05, 4.69) is 10.6 Å². The van der Waals surface area contributed by atoms with Crippen LogP contribution in [0.15, 0.2) is 47.4 Å². The fourth-order valence-electron chi connectivity index (χ4n) is 3.12. The van der Waals surface area contributed by atoms with Crippen molar-refractivity contribution in [2.45, 2.75) is 11.4 Å². The molecule has 0 aliphatic carbocycles. The van der Waals surface area contributed by atoms with E-state index >= 15 is 0 Å². The fraction of sp³-hybridized carbons (Fsp3) is 0.300. The van der Waals surface area contributed by atoms with Gasteiger partial charge in [0.1, 0.15) is 22.3 Å². The van der Waals surface area contributed by atoms with Gasteiger partial charge in [-0.25, -0.2) is 26.4 Å². The molecule has 1 heterocycles. The standard InChI is InChI=1S/C20H21F3N4O4S/c21-15-3-1-14(2-4-15)12-24-20(29)25-13-19(28)26-7-9-27(10-8-26)32(30,31)18-6-5-16(22)11-17(18)23/h1-6,11H,7-10,12-13H2,(H2,24,25,29). The molecule has 12 heteroatoms. The number of nitrogens with one attached hydrogen (secondary N) is 2. The van der Waals surface area contributed by atoms with Crippen LogP contribution in [0.25, 0.3) is 0 Å². The second kappa shape index (κ2) is 10.0. The lowest BCUT2D eigenvalue weighted by molar-refractivity contribution is -0.131. The Kier molecular flexibility index (Phi) is 7.36. The second-order valence-electron chi connectivity index (χ2n) is 7.02. The number of hydrogen-bond acceptors (Lipinski definition) is 4. The van der Waals surface area contributed by atoms with Crippen molar-refractivity contribution in [1.82, 2.24) is 19.8 Å². The Balaban J connectivity index is 1.45. The molecule has 0 saturated carbocycles. The van der Waals surface area contributed by atoms with Gasteiger partial charge in [0.05, 0.1) is 6.54 Å². The molecule has 0 bridgehead atoms. The average Bonchev–Trinajstić information content (AvgIpc) is 2.77. The van der Waals surface area contributed by atoms with Gasteiger partial charge in [-0.3, -0.25) is 4.79 Å². The van der Waals surface area contributed by atoms with Crippen LogP contribution in [0, 0.1) is 17.5 Å². The van der Waals surface area contributed by atoms with Gasteiger partial charge in [-0.2, -0.15) is 4.31 Å². The number of sulfonamides is 1. The van der Waals surface area contributed by atoms with E-state index in [1.165, 1.54) is 29.2 Å². The van der Waals surface area contributed by atoms with Gasteiger partial charge in [0.25, 0.3) is 0 Å². The minimum absolute atomic E-state index is 0.0553. The number of halogens is 3. The summed E-state index contributed by atoms with van der Waals surface area (Å²) in [4.78, 5) is 24.9. The molecule has 1 aliphatic heterocycles. The van der Waals surface area contributed by atoms with Crippen LogP contribution in [0.2, 0.25) is 0 Å². The molecule has 0 atom stereocenters. The lowest BCUT2D eigenvalue weighted by atomic mass is 10.2. The van der Waals surface area contributed by atoms with E-state index in [9.17, 15) is 31.2 Å². The largest absolute Gasteiger partial charge is 0.339 e. The number of benzene rings is 2. The highest BCUT2D eigenvalue weighted by atomic mass is 32.2. The number of carbonyl (C=O) groups excluding carboxylic acids is 2. The molecular formula is C20H21F3N4O4S. The van der Waals surface area contributed by atoms with Crippen molar-refractivity contribution < 1.29 is 31.2 Å². The number of carbonyl (C=O) groups is 2. The number of nitrogens with zero attached hydrogens (tertiary/aromatic N) is 2. The molecule has 1 aliphatic rings. The fourth-order valence-corrected chi connectivity index (χ4v) is 4.58. The summed E-state index contributed by atoms with van der Waals surface area (Å²) in [6.45, 7) is -0.172. The van der Waals surface area contributed by atoms with Crippen molar-refractivity contribution in [1.29, 1.82) is 0 Å². The zero-order chi connectivity index (χ0) is 23.3. The summed E-state index contributed by atoms with van der Waals surface area (Å²) in [5, 5.41) is 4.95. The van der Waals surface area contributed by atoms with Crippen LogP contribution in [0.3, 0.4) is 0 Å². The maximum absolute atomic E-state index is 13.9. The molecule has 0 unspecified atom stereocenters. The van der Waals surface area contributed by atoms with Gasteiger partial charge in [-0.05, 0) is 29.8 Å². The summed E-state index contributed by atoms with van der Waals surface area (Å²) in [7, 11) is -4.17. The molecule has 32 heavy (non-hydrogen) atoms. The van der Waals surface area contributed by atoms with Crippen LogP contribution >= 0.6 is 0 Å². The maximum atomic E-state index is 13.9. The number of rotatable bonds is 6. The van der Waals surface area contributed by atoms with Gasteiger partial charge in [0, 0.05) is 38.8 Å². The van der Waals surface area contributed by atoms with Crippen molar-refractivity contribution in [3.63, 3.8) is 0 Å². The molecule has 3 rings (SSSR count). The SMILES string of the molecule is O=C(NCC(=O)N1CCN(S(=O)(=O)c2ccc(F)cc2F)CC1)NCc1ccc(F)cc1. The summed E-state index contributed by atoms with van der Waals surface area (Å²) in [6.07, 6.45) is 0. The highest BCUT2D eigenvalue weighted by Crippen LogP contribution is 2.21. The van der Waals surface area contributed by atoms with Gasteiger partial charge in [-0.15, -0.1) is 0 Å². The van der Waals surface area contributed by atoms with Crippen molar-refractivity contribution in [3.8, 4) is 0 Å². The molecule has 172 valence electrons. The lowest BCUT2D eigenvalue weighted by Gasteiger charge is -2.34. The Hall–Kier alpha value is -3.12. The van der Waals surface area contributed by atoms with Crippen LogP contribution < -0.4 is 10.6 Å². The molecule has 0 aromatic heterocycles. The van der Waals surface area contributed by atoms with Gasteiger partial charge in [-0.1, -0.05) is 12.1 Å². The molecule has 2 N–H and O–H groups in total. The smallest absolute Gasteiger partial charge is 0.315 e. The molecule has 0 spiro atoms. The van der Waals surface area contributed by atoms with Crippen molar-refractivity contribution in [3.05, 3.63) is 65.5 Å². The number of hydrogen-bond donors (Lipinski definition) is 2. The quantitative estimate of drug-likeness (QED) is 0.668. The van der Waals surface area contributed by atoms with Crippen LogP contribution in [-0.4, -0.2) is 62.3 Å². The predicted octanol–water partition coefficient (Wildman–Crippen LogP) is 1.44. The Labute approximate surface area is 183 Å². The highest BCUT2D eigenvalue weighted by molar-refractivity contribution is 7.89. The van der Waals surface area contributed by atoms with E-state index in [1.54, 1.807) is 0 Å². The van der Waals surface area contributed by atoms with Crippen molar-refractivity contribution in [2.24, 2.45) is 0 Å². The van der Waals surface area contributed by atoms with E-state index in [0.29, 0.717) is 11.6 Å². The minimum atomic E-state index is -4.17. The number of amides is 3. The first-order valence-electron chi connectivity index (χ1n) is 9.66. The highest BCUT2D eigenvalue weighted by Gasteiger charge is 2.32. The third-order valence-corrected chi connectivity index (χ3v) is 6.80. The molecule has 2 aromatic rings. The summed E-state index contributed by atoms with van der Waals surface area (Å²) in [5.74, 6) is -2.86. The van der Waals surface area contributed by atoms with Gasteiger partial charge >= 0.3 is 6.03 Å². The van der Waals surface area contributed by atoms with Crippen LogP contribution in [0.1, 0.15) is 5.56 Å². The third kappa shape index (κ3) is 5.77. The maximum Gasteiger partial charge on any atom is 0.315 e. The molecule has 1 fully saturated rings. The van der Waals surface area contributed by atoms with Crippen LogP contribution in [0.5, 0.6) is 0 Å². The van der Waals surface area contributed by atoms with E-state index < -0.39 is 38.5 Å². The number of piperazine rings is 1. The van der Waals surface area contributed by atoms with Gasteiger partial charge in [0.15, 0.2) is 0 Å². The lowest BCUT2D eigenvalue weighted by Crippen LogP contribution is -2.53. The Bertz CT molecular complexity index is 1090. The molecule has 1 saturated heterocycles. The topological polar surface area (TPSA) is 98.8 Å². The van der Waals surface area contributed by atoms with Crippen LogP contribution in [0.4, 0.5) is 18.0 Å². The first kappa shape index (κ1) is 23.5. The average molecular weight is 470 g/mol. The molecular weight excluding hydrogens is 449 g/mol. The number of urea groups is 1. The van der Waals surface area contributed by atoms with Crippen molar-refractivity contribution in [2.75, 3.05) is 32.7 Å². The van der Waals surface area contributed by atoms with Crippen LogP contribution in [-0.2, 0) is 21.4 Å². The first-order chi connectivity index (χ1) is 15.2. The Morgan fingerprint density at radius 3 is 2.12 bits per heavy atom. The summed E-state index contributed by atoms with van der Waals surface area (Å²) >= 11 is 0. The Morgan fingerprint density at radius 1 is 0.875 bits per heavy atom. The summed E-state index contributed by atoms with van der Waals surface area (Å²) in [6, 6.07) is 7.22. The second-order valence-corrected chi connectivity index (χ2v) is 8.93. The minimum Gasteiger partial charge on any atom is -0.339 e. The molecule has 0 radical (unpaired) electrons. The normalized spacial score (nSPS) is 14.8.